The van der Waals surface area contributed by atoms with Crippen molar-refractivity contribution in [1.82, 2.24) is 4.98 Å². The minimum absolute atomic E-state index is 0.173. The Morgan fingerprint density at radius 1 is 1.35 bits per heavy atom. The lowest BCUT2D eigenvalue weighted by Crippen LogP contribution is -2.28. The SMILES string of the molecule is CCCCN(CCO)c1nccc2sccc12. The van der Waals surface area contributed by atoms with E-state index in [9.17, 15) is 0 Å². The van der Waals surface area contributed by atoms with Crippen LogP contribution in [0.1, 0.15) is 19.8 Å². The van der Waals surface area contributed by atoms with Gasteiger partial charge in [-0.2, -0.15) is 0 Å². The van der Waals surface area contributed by atoms with Gasteiger partial charge in [-0.25, -0.2) is 4.98 Å². The molecule has 17 heavy (non-hydrogen) atoms. The number of aliphatic hydroxyl groups is 1. The number of hydrogen-bond donors (Lipinski definition) is 1. The second kappa shape index (κ2) is 5.98. The Morgan fingerprint density at radius 3 is 3.00 bits per heavy atom. The fourth-order valence-corrected chi connectivity index (χ4v) is 2.70. The van der Waals surface area contributed by atoms with Gasteiger partial charge in [-0.3, -0.25) is 0 Å². The monoisotopic (exact) mass is 250 g/mol. The third-order valence-corrected chi connectivity index (χ3v) is 3.69. The smallest absolute Gasteiger partial charge is 0.137 e. The van der Waals surface area contributed by atoms with E-state index in [0.717, 1.165) is 25.2 Å². The summed E-state index contributed by atoms with van der Waals surface area (Å²) in [6, 6.07) is 4.15. The van der Waals surface area contributed by atoms with Gasteiger partial charge in [0, 0.05) is 29.4 Å². The van der Waals surface area contributed by atoms with Crippen molar-refractivity contribution in [2.45, 2.75) is 19.8 Å². The largest absolute Gasteiger partial charge is 0.395 e. The molecule has 92 valence electrons. The predicted octanol–water partition coefficient (Wildman–Crippen LogP) is 2.90. The standard InChI is InChI=1S/C13H18N2OS/c1-2-3-7-15(8-9-16)13-11-5-10-17-12(11)4-6-14-13/h4-6,10,16H,2-3,7-9H2,1H3. The van der Waals surface area contributed by atoms with Crippen LogP contribution in [0.15, 0.2) is 23.7 Å². The lowest BCUT2D eigenvalue weighted by molar-refractivity contribution is 0.301. The van der Waals surface area contributed by atoms with E-state index >= 15 is 0 Å². The summed E-state index contributed by atoms with van der Waals surface area (Å²) in [5.74, 6) is 1.01. The molecule has 0 bridgehead atoms. The zero-order valence-electron chi connectivity index (χ0n) is 10.1. The van der Waals surface area contributed by atoms with E-state index in [1.807, 2.05) is 12.3 Å². The Balaban J connectivity index is 2.30. The van der Waals surface area contributed by atoms with Gasteiger partial charge in [0.1, 0.15) is 5.82 Å². The molecular weight excluding hydrogens is 232 g/mol. The maximum atomic E-state index is 9.15. The molecule has 2 aromatic rings. The number of rotatable bonds is 6. The third-order valence-electron chi connectivity index (χ3n) is 2.81. The number of pyridine rings is 1. The Kier molecular flexibility index (Phi) is 4.34. The van der Waals surface area contributed by atoms with Gasteiger partial charge in [-0.1, -0.05) is 13.3 Å². The van der Waals surface area contributed by atoms with Crippen LogP contribution in [-0.4, -0.2) is 29.8 Å². The average Bonchev–Trinajstić information content (AvgIpc) is 2.82. The van der Waals surface area contributed by atoms with Crippen LogP contribution in [0.3, 0.4) is 0 Å². The maximum Gasteiger partial charge on any atom is 0.137 e. The molecule has 0 aliphatic carbocycles. The lowest BCUT2D eigenvalue weighted by atomic mass is 10.2. The molecule has 0 aromatic carbocycles. The first-order chi connectivity index (χ1) is 8.36. The highest BCUT2D eigenvalue weighted by Gasteiger charge is 2.11. The number of aromatic nitrogens is 1. The summed E-state index contributed by atoms with van der Waals surface area (Å²) >= 11 is 1.73. The number of nitrogens with zero attached hydrogens (tertiary/aromatic N) is 2. The molecule has 3 nitrogen and oxygen atoms in total. The fourth-order valence-electron chi connectivity index (χ4n) is 1.93. The van der Waals surface area contributed by atoms with Gasteiger partial charge in [0.05, 0.1) is 6.61 Å². The molecule has 0 atom stereocenters. The molecule has 4 heteroatoms. The van der Waals surface area contributed by atoms with Crippen molar-refractivity contribution in [1.29, 1.82) is 0 Å². The van der Waals surface area contributed by atoms with Crippen LogP contribution >= 0.6 is 11.3 Å². The Labute approximate surface area is 106 Å². The van der Waals surface area contributed by atoms with Gasteiger partial charge in [0.25, 0.3) is 0 Å². The van der Waals surface area contributed by atoms with Gasteiger partial charge in [0.15, 0.2) is 0 Å². The van der Waals surface area contributed by atoms with Crippen molar-refractivity contribution in [3.05, 3.63) is 23.7 Å². The molecule has 0 unspecified atom stereocenters. The van der Waals surface area contributed by atoms with Crippen LogP contribution in [0.4, 0.5) is 5.82 Å². The summed E-state index contributed by atoms with van der Waals surface area (Å²) in [6.07, 6.45) is 4.13. The zero-order chi connectivity index (χ0) is 12.1. The molecule has 2 rings (SSSR count). The van der Waals surface area contributed by atoms with E-state index in [1.54, 1.807) is 11.3 Å². The highest BCUT2D eigenvalue weighted by Crippen LogP contribution is 2.28. The zero-order valence-corrected chi connectivity index (χ0v) is 10.9. The van der Waals surface area contributed by atoms with Crippen molar-refractivity contribution in [2.24, 2.45) is 0 Å². The Hall–Kier alpha value is -1.13. The van der Waals surface area contributed by atoms with Crippen LogP contribution in [0.5, 0.6) is 0 Å². The number of aliphatic hydroxyl groups excluding tert-OH is 1. The van der Waals surface area contributed by atoms with Crippen molar-refractivity contribution >= 4 is 27.2 Å². The molecule has 0 saturated carbocycles. The van der Waals surface area contributed by atoms with Crippen LogP contribution < -0.4 is 4.90 Å². The van der Waals surface area contributed by atoms with Crippen LogP contribution in [0, 0.1) is 0 Å². The van der Waals surface area contributed by atoms with Crippen molar-refractivity contribution in [3.63, 3.8) is 0 Å². The molecule has 2 aromatic heterocycles. The predicted molar refractivity (Wildman–Crippen MR) is 73.8 cm³/mol. The first-order valence-electron chi connectivity index (χ1n) is 6.05. The molecule has 1 N–H and O–H groups in total. The summed E-state index contributed by atoms with van der Waals surface area (Å²) < 4.78 is 1.26. The molecule has 0 saturated heterocycles. The molecular formula is C13H18N2OS. The number of unbranched alkanes of at least 4 members (excludes halogenated alkanes) is 1. The van der Waals surface area contributed by atoms with Crippen molar-refractivity contribution < 1.29 is 5.11 Å². The highest BCUT2D eigenvalue weighted by molar-refractivity contribution is 7.17. The topological polar surface area (TPSA) is 36.4 Å². The third kappa shape index (κ3) is 2.76. The van der Waals surface area contributed by atoms with Crippen molar-refractivity contribution in [3.8, 4) is 0 Å². The van der Waals surface area contributed by atoms with E-state index in [4.69, 9.17) is 5.11 Å². The lowest BCUT2D eigenvalue weighted by Gasteiger charge is -2.23. The molecule has 0 radical (unpaired) electrons. The summed E-state index contributed by atoms with van der Waals surface area (Å²) in [5.41, 5.74) is 0. The molecule has 0 aliphatic heterocycles. The molecule has 0 fully saturated rings. The quantitative estimate of drug-likeness (QED) is 0.856. The minimum Gasteiger partial charge on any atom is -0.395 e. The first-order valence-corrected chi connectivity index (χ1v) is 6.92. The summed E-state index contributed by atoms with van der Waals surface area (Å²) in [4.78, 5) is 6.65. The van der Waals surface area contributed by atoms with E-state index in [2.05, 4.69) is 28.3 Å². The van der Waals surface area contributed by atoms with Gasteiger partial charge in [-0.05, 0) is 23.9 Å². The number of fused-ring (bicyclic) bond motifs is 1. The first kappa shape index (κ1) is 12.3. The Bertz CT molecular complexity index is 469. The molecule has 0 aliphatic rings. The number of hydrogen-bond acceptors (Lipinski definition) is 4. The van der Waals surface area contributed by atoms with E-state index in [-0.39, 0.29) is 6.61 Å². The van der Waals surface area contributed by atoms with Gasteiger partial charge < -0.3 is 10.0 Å². The summed E-state index contributed by atoms with van der Waals surface area (Å²) in [7, 11) is 0. The van der Waals surface area contributed by atoms with Crippen LogP contribution in [-0.2, 0) is 0 Å². The normalized spacial score (nSPS) is 10.9. The number of thiophene rings is 1. The van der Waals surface area contributed by atoms with E-state index in [0.29, 0.717) is 6.54 Å². The van der Waals surface area contributed by atoms with Crippen molar-refractivity contribution in [2.75, 3.05) is 24.6 Å². The molecule has 2 heterocycles. The number of anilines is 1. The van der Waals surface area contributed by atoms with Crippen LogP contribution in [0.25, 0.3) is 10.1 Å². The molecule has 0 spiro atoms. The average molecular weight is 250 g/mol. The Morgan fingerprint density at radius 2 is 2.24 bits per heavy atom. The second-order valence-corrected chi connectivity index (χ2v) is 4.98. The summed E-state index contributed by atoms with van der Waals surface area (Å²) in [6.45, 7) is 3.96. The highest BCUT2D eigenvalue weighted by atomic mass is 32.1. The van der Waals surface area contributed by atoms with E-state index < -0.39 is 0 Å². The summed E-state index contributed by atoms with van der Waals surface area (Å²) in [5, 5.41) is 12.4. The fraction of sp³-hybridized carbons (Fsp3) is 0.462. The van der Waals surface area contributed by atoms with Gasteiger partial charge in [0.2, 0.25) is 0 Å². The maximum absolute atomic E-state index is 9.15. The van der Waals surface area contributed by atoms with E-state index in [1.165, 1.54) is 10.1 Å². The minimum atomic E-state index is 0.173. The van der Waals surface area contributed by atoms with Gasteiger partial charge >= 0.3 is 0 Å². The second-order valence-electron chi connectivity index (χ2n) is 4.03. The van der Waals surface area contributed by atoms with Crippen LogP contribution in [0.2, 0.25) is 0 Å². The molecule has 0 amide bonds. The van der Waals surface area contributed by atoms with Gasteiger partial charge in [-0.15, -0.1) is 11.3 Å².